The molecular weight excluding hydrogens is 248 g/mol. The van der Waals surface area contributed by atoms with Crippen LogP contribution in [0.3, 0.4) is 0 Å². The molecule has 0 aliphatic carbocycles. The Balaban J connectivity index is 2.22. The zero-order valence-electron chi connectivity index (χ0n) is 11.0. The predicted octanol–water partition coefficient (Wildman–Crippen LogP) is 1.48. The molecule has 1 atom stereocenters. The Hall–Kier alpha value is -1.75. The first-order chi connectivity index (χ1) is 8.79. The number of fused-ring (bicyclic) bond motifs is 1. The van der Waals surface area contributed by atoms with Gasteiger partial charge in [0.1, 0.15) is 6.10 Å². The molecular formula is C14H18O5. The van der Waals surface area contributed by atoms with Crippen molar-refractivity contribution >= 4 is 5.97 Å². The summed E-state index contributed by atoms with van der Waals surface area (Å²) in [4.78, 5) is 10.6. The quantitative estimate of drug-likeness (QED) is 0.768. The van der Waals surface area contributed by atoms with Gasteiger partial charge in [0.25, 0.3) is 0 Å². The van der Waals surface area contributed by atoms with Crippen LogP contribution in [0.1, 0.15) is 31.4 Å². The maximum Gasteiger partial charge on any atom is 0.303 e. The van der Waals surface area contributed by atoms with Gasteiger partial charge >= 0.3 is 5.97 Å². The zero-order valence-corrected chi connectivity index (χ0v) is 11.0. The molecule has 0 amide bonds. The van der Waals surface area contributed by atoms with Crippen LogP contribution in [0.4, 0.5) is 0 Å². The van der Waals surface area contributed by atoms with Gasteiger partial charge in [-0.2, -0.15) is 0 Å². The second-order valence-electron chi connectivity index (χ2n) is 5.42. The average molecular weight is 266 g/mol. The van der Waals surface area contributed by atoms with Crippen LogP contribution in [-0.2, 0) is 17.6 Å². The van der Waals surface area contributed by atoms with Gasteiger partial charge in [-0.25, -0.2) is 0 Å². The van der Waals surface area contributed by atoms with E-state index in [4.69, 9.17) is 9.84 Å². The summed E-state index contributed by atoms with van der Waals surface area (Å²) in [7, 11) is 0. The van der Waals surface area contributed by atoms with E-state index < -0.39 is 17.7 Å². The van der Waals surface area contributed by atoms with Crippen molar-refractivity contribution in [3.05, 3.63) is 23.3 Å². The standard InChI is InChI=1S/C14H18O5/c1-14(2,18)10-7-9-4-3-8(5-6-11(15)16)12(17)13(9)19-10/h3-4,10,17-18H,5-7H2,1-2H3,(H,15,16). The van der Waals surface area contributed by atoms with E-state index in [0.29, 0.717) is 17.7 Å². The molecule has 1 aliphatic heterocycles. The SMILES string of the molecule is CC(C)(O)C1Cc2ccc(CCC(=O)O)c(O)c2O1. The molecule has 3 N–H and O–H groups in total. The molecule has 0 aromatic heterocycles. The highest BCUT2D eigenvalue weighted by molar-refractivity contribution is 5.67. The van der Waals surface area contributed by atoms with E-state index in [1.165, 1.54) is 0 Å². The van der Waals surface area contributed by atoms with Gasteiger partial charge in [-0.3, -0.25) is 4.79 Å². The lowest BCUT2D eigenvalue weighted by molar-refractivity contribution is -0.136. The van der Waals surface area contributed by atoms with Crippen molar-refractivity contribution < 1.29 is 24.9 Å². The van der Waals surface area contributed by atoms with E-state index in [2.05, 4.69) is 0 Å². The number of hydrogen-bond acceptors (Lipinski definition) is 4. The summed E-state index contributed by atoms with van der Waals surface area (Å²) in [5.74, 6) is -0.546. The number of aromatic hydroxyl groups is 1. The van der Waals surface area contributed by atoms with Crippen LogP contribution in [0, 0.1) is 0 Å². The van der Waals surface area contributed by atoms with Crippen LogP contribution in [0.5, 0.6) is 11.5 Å². The van der Waals surface area contributed by atoms with Crippen LogP contribution in [0.15, 0.2) is 12.1 Å². The average Bonchev–Trinajstić information content (AvgIpc) is 2.72. The predicted molar refractivity (Wildman–Crippen MR) is 68.5 cm³/mol. The van der Waals surface area contributed by atoms with Gasteiger partial charge in [-0.15, -0.1) is 0 Å². The molecule has 0 fully saturated rings. The molecule has 0 saturated heterocycles. The largest absolute Gasteiger partial charge is 0.504 e. The fourth-order valence-electron chi connectivity index (χ4n) is 2.17. The Bertz CT molecular complexity index is 501. The van der Waals surface area contributed by atoms with Gasteiger partial charge in [0.2, 0.25) is 0 Å². The Morgan fingerprint density at radius 1 is 1.47 bits per heavy atom. The van der Waals surface area contributed by atoms with E-state index >= 15 is 0 Å². The van der Waals surface area contributed by atoms with E-state index in [-0.39, 0.29) is 18.6 Å². The summed E-state index contributed by atoms with van der Waals surface area (Å²) in [6, 6.07) is 3.53. The minimum Gasteiger partial charge on any atom is -0.504 e. The molecule has 2 rings (SSSR count). The summed E-state index contributed by atoms with van der Waals surface area (Å²) in [5, 5.41) is 28.7. The van der Waals surface area contributed by atoms with Crippen molar-refractivity contribution in [2.75, 3.05) is 0 Å². The zero-order chi connectivity index (χ0) is 14.2. The topological polar surface area (TPSA) is 87.0 Å². The first kappa shape index (κ1) is 13.7. The fraction of sp³-hybridized carbons (Fsp3) is 0.500. The number of aliphatic hydroxyl groups is 1. The first-order valence-electron chi connectivity index (χ1n) is 6.23. The molecule has 1 aromatic rings. The maximum atomic E-state index is 10.6. The van der Waals surface area contributed by atoms with Gasteiger partial charge in [-0.1, -0.05) is 12.1 Å². The Morgan fingerprint density at radius 2 is 2.16 bits per heavy atom. The second kappa shape index (κ2) is 4.74. The molecule has 1 unspecified atom stereocenters. The number of phenols is 1. The molecule has 0 saturated carbocycles. The molecule has 104 valence electrons. The van der Waals surface area contributed by atoms with E-state index in [1.54, 1.807) is 19.9 Å². The van der Waals surface area contributed by atoms with Crippen LogP contribution in [0.25, 0.3) is 0 Å². The molecule has 0 spiro atoms. The summed E-state index contributed by atoms with van der Waals surface area (Å²) in [5.41, 5.74) is 0.397. The van der Waals surface area contributed by atoms with Gasteiger partial charge in [0.15, 0.2) is 11.5 Å². The van der Waals surface area contributed by atoms with Crippen molar-refractivity contribution in [1.29, 1.82) is 0 Å². The number of aliphatic carboxylic acids is 1. The number of aryl methyl sites for hydroxylation is 1. The molecule has 19 heavy (non-hydrogen) atoms. The summed E-state index contributed by atoms with van der Waals surface area (Å²) in [6.45, 7) is 3.32. The number of ether oxygens (including phenoxy) is 1. The van der Waals surface area contributed by atoms with Gasteiger partial charge in [0.05, 0.1) is 5.60 Å². The molecule has 0 bridgehead atoms. The van der Waals surface area contributed by atoms with E-state index in [0.717, 1.165) is 5.56 Å². The lowest BCUT2D eigenvalue weighted by Crippen LogP contribution is -2.39. The van der Waals surface area contributed by atoms with Gasteiger partial charge in [0, 0.05) is 18.4 Å². The van der Waals surface area contributed by atoms with Crippen LogP contribution >= 0.6 is 0 Å². The molecule has 1 heterocycles. The Labute approximate surface area is 111 Å². The van der Waals surface area contributed by atoms with E-state index in [1.807, 2.05) is 6.07 Å². The van der Waals surface area contributed by atoms with Crippen LogP contribution < -0.4 is 4.74 Å². The minimum atomic E-state index is -0.993. The lowest BCUT2D eigenvalue weighted by Gasteiger charge is -2.24. The van der Waals surface area contributed by atoms with Crippen LogP contribution in [-0.4, -0.2) is 33.0 Å². The third kappa shape index (κ3) is 2.81. The number of carboxylic acids is 1. The number of carboxylic acid groups (broad SMARTS) is 1. The summed E-state index contributed by atoms with van der Waals surface area (Å²) >= 11 is 0. The normalized spacial score (nSPS) is 17.9. The highest BCUT2D eigenvalue weighted by Crippen LogP contribution is 2.42. The monoisotopic (exact) mass is 266 g/mol. The Morgan fingerprint density at radius 3 is 2.74 bits per heavy atom. The summed E-state index contributed by atoms with van der Waals surface area (Å²) < 4.78 is 5.60. The number of phenolic OH excluding ortho intramolecular Hbond substituents is 1. The highest BCUT2D eigenvalue weighted by Gasteiger charge is 2.36. The summed E-state index contributed by atoms with van der Waals surface area (Å²) in [6.07, 6.45) is 0.348. The number of hydrogen-bond donors (Lipinski definition) is 3. The lowest BCUT2D eigenvalue weighted by atomic mass is 9.96. The highest BCUT2D eigenvalue weighted by atomic mass is 16.5. The minimum absolute atomic E-state index is 0.00880. The third-order valence-electron chi connectivity index (χ3n) is 3.36. The van der Waals surface area contributed by atoms with Gasteiger partial charge in [-0.05, 0) is 25.8 Å². The third-order valence-corrected chi connectivity index (χ3v) is 3.36. The van der Waals surface area contributed by atoms with Crippen molar-refractivity contribution in [2.45, 2.75) is 44.8 Å². The molecule has 1 aromatic carbocycles. The van der Waals surface area contributed by atoms with Crippen LogP contribution in [0.2, 0.25) is 0 Å². The molecule has 1 aliphatic rings. The first-order valence-corrected chi connectivity index (χ1v) is 6.23. The Kier molecular flexibility index (Phi) is 3.41. The smallest absolute Gasteiger partial charge is 0.303 e. The van der Waals surface area contributed by atoms with Crippen molar-refractivity contribution in [3.63, 3.8) is 0 Å². The number of benzene rings is 1. The van der Waals surface area contributed by atoms with Crippen molar-refractivity contribution in [3.8, 4) is 11.5 Å². The van der Waals surface area contributed by atoms with E-state index in [9.17, 15) is 15.0 Å². The fourth-order valence-corrected chi connectivity index (χ4v) is 2.17. The number of rotatable bonds is 4. The molecule has 5 heteroatoms. The maximum absolute atomic E-state index is 10.6. The molecule has 5 nitrogen and oxygen atoms in total. The van der Waals surface area contributed by atoms with Crippen molar-refractivity contribution in [1.82, 2.24) is 0 Å². The molecule has 0 radical (unpaired) electrons. The van der Waals surface area contributed by atoms with Crippen molar-refractivity contribution in [2.24, 2.45) is 0 Å². The second-order valence-corrected chi connectivity index (χ2v) is 5.42. The number of carbonyl (C=O) groups is 1. The van der Waals surface area contributed by atoms with Gasteiger partial charge < -0.3 is 20.1 Å².